The molecule has 0 radical (unpaired) electrons. The third kappa shape index (κ3) is 2.39. The van der Waals surface area contributed by atoms with Crippen molar-refractivity contribution < 1.29 is 14.3 Å². The van der Waals surface area contributed by atoms with E-state index in [1.807, 2.05) is 12.1 Å². The molecule has 0 unspecified atom stereocenters. The van der Waals surface area contributed by atoms with Crippen LogP contribution in [0.4, 0.5) is 11.4 Å². The summed E-state index contributed by atoms with van der Waals surface area (Å²) in [5.74, 6) is -0.460. The van der Waals surface area contributed by atoms with E-state index in [-0.39, 0.29) is 5.78 Å². The molecule has 5 nitrogen and oxygen atoms in total. The maximum absolute atomic E-state index is 11.4. The predicted octanol–water partition coefficient (Wildman–Crippen LogP) is 1.81. The van der Waals surface area contributed by atoms with Crippen molar-refractivity contribution in [2.24, 2.45) is 0 Å². The molecule has 108 valence electrons. The maximum Gasteiger partial charge on any atom is 0.186 e. The van der Waals surface area contributed by atoms with E-state index in [0.29, 0.717) is 31.0 Å². The maximum atomic E-state index is 11.4. The van der Waals surface area contributed by atoms with Crippen LogP contribution in [0.15, 0.2) is 18.2 Å². The van der Waals surface area contributed by atoms with Crippen molar-refractivity contribution in [3.63, 3.8) is 0 Å². The Balaban J connectivity index is 1.82. The van der Waals surface area contributed by atoms with Crippen LogP contribution >= 0.6 is 0 Å². The molecule has 1 aromatic rings. The molecule has 5 heteroatoms. The van der Waals surface area contributed by atoms with Gasteiger partial charge in [-0.3, -0.25) is 4.79 Å². The highest BCUT2D eigenvalue weighted by atomic mass is 16.7. The summed E-state index contributed by atoms with van der Waals surface area (Å²) in [6.07, 6.45) is 1.96. The smallest absolute Gasteiger partial charge is 0.186 e. The van der Waals surface area contributed by atoms with E-state index in [4.69, 9.17) is 15.2 Å². The molecule has 2 fully saturated rings. The van der Waals surface area contributed by atoms with Gasteiger partial charge in [-0.15, -0.1) is 0 Å². The lowest BCUT2D eigenvalue weighted by molar-refractivity contribution is -0.161. The van der Waals surface area contributed by atoms with Crippen molar-refractivity contribution >= 4 is 17.2 Å². The van der Waals surface area contributed by atoms with Crippen LogP contribution in [0.5, 0.6) is 0 Å². The molecular formula is C15H20N2O3. The van der Waals surface area contributed by atoms with E-state index in [1.165, 1.54) is 6.92 Å². The molecule has 0 bridgehead atoms. The van der Waals surface area contributed by atoms with Crippen LogP contribution in [-0.2, 0) is 9.47 Å². The standard InChI is InChI=1S/C15H20N2O3/c1-11(18)13-4-3-12(9-14(13)16)17-6-2-5-15(10-17)19-7-8-20-15/h3-4,9H,2,5-8,10,16H2,1H3. The van der Waals surface area contributed by atoms with Crippen molar-refractivity contribution in [3.05, 3.63) is 23.8 Å². The zero-order valence-corrected chi connectivity index (χ0v) is 11.7. The Morgan fingerprint density at radius 1 is 1.35 bits per heavy atom. The molecule has 2 heterocycles. The molecule has 1 aromatic carbocycles. The van der Waals surface area contributed by atoms with Crippen molar-refractivity contribution in [1.29, 1.82) is 0 Å². The van der Waals surface area contributed by atoms with E-state index >= 15 is 0 Å². The fourth-order valence-corrected chi connectivity index (χ4v) is 3.01. The van der Waals surface area contributed by atoms with Gasteiger partial charge in [-0.1, -0.05) is 0 Å². The molecule has 20 heavy (non-hydrogen) atoms. The van der Waals surface area contributed by atoms with Crippen molar-refractivity contribution in [2.75, 3.05) is 36.9 Å². The number of carbonyl (C=O) groups excluding carboxylic acids is 1. The van der Waals surface area contributed by atoms with E-state index in [1.54, 1.807) is 6.07 Å². The molecular weight excluding hydrogens is 256 g/mol. The average molecular weight is 276 g/mol. The summed E-state index contributed by atoms with van der Waals surface area (Å²) < 4.78 is 11.6. The number of ether oxygens (including phenoxy) is 2. The van der Waals surface area contributed by atoms with Gasteiger partial charge in [0.05, 0.1) is 19.8 Å². The second-order valence-electron chi connectivity index (χ2n) is 5.46. The minimum absolute atomic E-state index is 0.00776. The Labute approximate surface area is 118 Å². The number of hydrogen-bond donors (Lipinski definition) is 1. The SMILES string of the molecule is CC(=O)c1ccc(N2CCCC3(C2)OCCO3)cc1N. The van der Waals surface area contributed by atoms with Crippen LogP contribution in [0.3, 0.4) is 0 Å². The fraction of sp³-hybridized carbons (Fsp3) is 0.533. The number of nitrogens with zero attached hydrogens (tertiary/aromatic N) is 1. The highest BCUT2D eigenvalue weighted by Crippen LogP contribution is 2.33. The molecule has 0 saturated carbocycles. The summed E-state index contributed by atoms with van der Waals surface area (Å²) in [6.45, 7) is 4.53. The lowest BCUT2D eigenvalue weighted by atomic mass is 10.0. The van der Waals surface area contributed by atoms with Crippen LogP contribution in [0.1, 0.15) is 30.1 Å². The first-order valence-corrected chi connectivity index (χ1v) is 7.03. The molecule has 0 aromatic heterocycles. The van der Waals surface area contributed by atoms with Crippen molar-refractivity contribution in [3.8, 4) is 0 Å². The number of rotatable bonds is 2. The predicted molar refractivity (Wildman–Crippen MR) is 76.9 cm³/mol. The Morgan fingerprint density at radius 2 is 2.10 bits per heavy atom. The molecule has 3 rings (SSSR count). The first-order chi connectivity index (χ1) is 9.60. The topological polar surface area (TPSA) is 64.8 Å². The summed E-state index contributed by atoms with van der Waals surface area (Å²) in [5.41, 5.74) is 8.09. The van der Waals surface area contributed by atoms with Crippen LogP contribution in [0.2, 0.25) is 0 Å². The number of hydrogen-bond acceptors (Lipinski definition) is 5. The lowest BCUT2D eigenvalue weighted by Gasteiger charge is -2.39. The molecule has 2 N–H and O–H groups in total. The van der Waals surface area contributed by atoms with Gasteiger partial charge in [0, 0.05) is 29.9 Å². The second-order valence-corrected chi connectivity index (χ2v) is 5.46. The van der Waals surface area contributed by atoms with Gasteiger partial charge in [0.1, 0.15) is 0 Å². The minimum Gasteiger partial charge on any atom is -0.398 e. The van der Waals surface area contributed by atoms with Crippen LogP contribution < -0.4 is 10.6 Å². The van der Waals surface area contributed by atoms with Gasteiger partial charge >= 0.3 is 0 Å². The van der Waals surface area contributed by atoms with Gasteiger partial charge < -0.3 is 20.1 Å². The molecule has 0 aliphatic carbocycles. The number of nitrogens with two attached hydrogens (primary N) is 1. The van der Waals surface area contributed by atoms with E-state index < -0.39 is 5.79 Å². The lowest BCUT2D eigenvalue weighted by Crippen LogP contribution is -2.49. The Bertz CT molecular complexity index is 524. The van der Waals surface area contributed by atoms with Gasteiger partial charge in [-0.2, -0.15) is 0 Å². The van der Waals surface area contributed by atoms with Crippen molar-refractivity contribution in [2.45, 2.75) is 25.6 Å². The molecule has 2 aliphatic rings. The Hall–Kier alpha value is -1.59. The summed E-state index contributed by atoms with van der Waals surface area (Å²) in [4.78, 5) is 13.6. The number of nitrogen functional groups attached to an aromatic ring is 1. The fourth-order valence-electron chi connectivity index (χ4n) is 3.01. The molecule has 2 aliphatic heterocycles. The summed E-state index contributed by atoms with van der Waals surface area (Å²) in [6, 6.07) is 5.61. The molecule has 0 atom stereocenters. The number of carbonyl (C=O) groups is 1. The average Bonchev–Trinajstić information content (AvgIpc) is 2.86. The molecule has 2 saturated heterocycles. The quantitative estimate of drug-likeness (QED) is 0.659. The highest BCUT2D eigenvalue weighted by Gasteiger charge is 2.40. The van der Waals surface area contributed by atoms with Gasteiger partial charge in [-0.05, 0) is 31.5 Å². The largest absolute Gasteiger partial charge is 0.398 e. The second kappa shape index (κ2) is 5.07. The van der Waals surface area contributed by atoms with Gasteiger partial charge in [-0.25, -0.2) is 0 Å². The molecule has 1 spiro atoms. The zero-order valence-electron chi connectivity index (χ0n) is 11.7. The van der Waals surface area contributed by atoms with E-state index in [9.17, 15) is 4.79 Å². The van der Waals surface area contributed by atoms with Crippen LogP contribution in [0, 0.1) is 0 Å². The number of ketones is 1. The van der Waals surface area contributed by atoms with Gasteiger partial charge in [0.15, 0.2) is 11.6 Å². The number of anilines is 2. The third-order valence-electron chi connectivity index (χ3n) is 4.01. The normalized spacial score (nSPS) is 21.4. The zero-order chi connectivity index (χ0) is 14.2. The first-order valence-electron chi connectivity index (χ1n) is 7.03. The van der Waals surface area contributed by atoms with Crippen LogP contribution in [-0.4, -0.2) is 37.9 Å². The summed E-state index contributed by atoms with van der Waals surface area (Å²) in [7, 11) is 0. The Kier molecular flexibility index (Phi) is 3.40. The van der Waals surface area contributed by atoms with Gasteiger partial charge in [0.2, 0.25) is 0 Å². The Morgan fingerprint density at radius 3 is 2.75 bits per heavy atom. The van der Waals surface area contributed by atoms with Gasteiger partial charge in [0.25, 0.3) is 0 Å². The first kappa shape index (κ1) is 13.4. The minimum atomic E-state index is -0.452. The highest BCUT2D eigenvalue weighted by molar-refractivity contribution is 5.99. The van der Waals surface area contributed by atoms with E-state index in [2.05, 4.69) is 4.90 Å². The summed E-state index contributed by atoms with van der Waals surface area (Å²) >= 11 is 0. The number of piperidine rings is 1. The van der Waals surface area contributed by atoms with Crippen LogP contribution in [0.25, 0.3) is 0 Å². The number of Topliss-reactive ketones (excluding diaryl/α,β-unsaturated/α-hetero) is 1. The molecule has 0 amide bonds. The third-order valence-corrected chi connectivity index (χ3v) is 4.01. The monoisotopic (exact) mass is 276 g/mol. The number of benzene rings is 1. The summed E-state index contributed by atoms with van der Waals surface area (Å²) in [5, 5.41) is 0. The van der Waals surface area contributed by atoms with E-state index in [0.717, 1.165) is 25.1 Å². The van der Waals surface area contributed by atoms with Crippen molar-refractivity contribution in [1.82, 2.24) is 0 Å².